The fourth-order valence-electron chi connectivity index (χ4n) is 3.84. The van der Waals surface area contributed by atoms with Crippen LogP contribution < -0.4 is 4.74 Å². The molecule has 0 aromatic heterocycles. The Labute approximate surface area is 145 Å². The van der Waals surface area contributed by atoms with Crippen LogP contribution in [0.15, 0.2) is 30.3 Å². The van der Waals surface area contributed by atoms with Gasteiger partial charge in [0.2, 0.25) is 0 Å². The minimum Gasteiger partial charge on any atom is -0.481 e. The molecular formula is C19H29N3O2. The van der Waals surface area contributed by atoms with Crippen LogP contribution in [0.4, 0.5) is 0 Å². The van der Waals surface area contributed by atoms with Crippen LogP contribution in [-0.4, -0.2) is 79.1 Å². The first-order valence-corrected chi connectivity index (χ1v) is 8.90. The van der Waals surface area contributed by atoms with Gasteiger partial charge in [0.05, 0.1) is 0 Å². The van der Waals surface area contributed by atoms with Crippen LogP contribution in [0.5, 0.6) is 5.75 Å². The van der Waals surface area contributed by atoms with Crippen LogP contribution in [0.25, 0.3) is 0 Å². The first-order valence-electron chi connectivity index (χ1n) is 8.90. The van der Waals surface area contributed by atoms with Crippen molar-refractivity contribution in [3.05, 3.63) is 30.3 Å². The summed E-state index contributed by atoms with van der Waals surface area (Å²) in [6.07, 6.45) is 1.80. The third kappa shape index (κ3) is 3.57. The van der Waals surface area contributed by atoms with Crippen molar-refractivity contribution in [2.45, 2.75) is 31.4 Å². The quantitative estimate of drug-likeness (QED) is 0.844. The molecule has 2 heterocycles. The van der Waals surface area contributed by atoms with Gasteiger partial charge in [0.15, 0.2) is 6.10 Å². The number of piperazine rings is 1. The van der Waals surface area contributed by atoms with Crippen LogP contribution in [0.1, 0.15) is 19.8 Å². The lowest BCUT2D eigenvalue weighted by Crippen LogP contribution is -2.65. The van der Waals surface area contributed by atoms with Gasteiger partial charge in [0.1, 0.15) is 5.75 Å². The molecule has 3 rings (SSSR count). The Hall–Kier alpha value is -1.59. The number of amides is 1. The number of carbonyl (C=O) groups excluding carboxylic acids is 1. The summed E-state index contributed by atoms with van der Waals surface area (Å²) in [5.41, 5.74) is 0.132. The minimum absolute atomic E-state index is 0.102. The Morgan fingerprint density at radius 1 is 1.08 bits per heavy atom. The Balaban J connectivity index is 1.64. The molecule has 2 aliphatic heterocycles. The maximum absolute atomic E-state index is 12.9. The van der Waals surface area contributed by atoms with E-state index in [2.05, 4.69) is 23.9 Å². The predicted octanol–water partition coefficient (Wildman–Crippen LogP) is 1.69. The summed E-state index contributed by atoms with van der Waals surface area (Å²) in [6, 6.07) is 9.59. The van der Waals surface area contributed by atoms with E-state index < -0.39 is 6.10 Å². The lowest BCUT2D eigenvalue weighted by molar-refractivity contribution is -0.144. The highest BCUT2D eigenvalue weighted by Crippen LogP contribution is 2.31. The molecule has 2 aliphatic rings. The Bertz CT molecular complexity index is 555. The van der Waals surface area contributed by atoms with Gasteiger partial charge in [-0.2, -0.15) is 0 Å². The van der Waals surface area contributed by atoms with E-state index in [1.54, 1.807) is 0 Å². The molecular weight excluding hydrogens is 302 g/mol. The number of carbonyl (C=O) groups is 1. The molecule has 1 aromatic rings. The van der Waals surface area contributed by atoms with Crippen molar-refractivity contribution in [2.24, 2.45) is 0 Å². The number of benzene rings is 1. The summed E-state index contributed by atoms with van der Waals surface area (Å²) >= 11 is 0. The van der Waals surface area contributed by atoms with E-state index in [1.807, 2.05) is 42.2 Å². The molecule has 0 bridgehead atoms. The topological polar surface area (TPSA) is 36.0 Å². The van der Waals surface area contributed by atoms with Crippen molar-refractivity contribution in [3.63, 3.8) is 0 Å². The molecule has 2 fully saturated rings. The highest BCUT2D eigenvalue weighted by molar-refractivity contribution is 5.81. The normalized spacial score (nSPS) is 23.2. The molecule has 0 N–H and O–H groups in total. The zero-order valence-corrected chi connectivity index (χ0v) is 15.1. The monoisotopic (exact) mass is 331 g/mol. The van der Waals surface area contributed by atoms with Gasteiger partial charge in [-0.05, 0) is 59.1 Å². The second kappa shape index (κ2) is 7.11. The number of nitrogens with zero attached hydrogens (tertiary/aromatic N) is 3. The molecule has 1 atom stereocenters. The third-order valence-electron chi connectivity index (χ3n) is 5.63. The molecule has 0 aliphatic carbocycles. The first-order chi connectivity index (χ1) is 11.5. The van der Waals surface area contributed by atoms with Crippen molar-refractivity contribution >= 4 is 5.91 Å². The predicted molar refractivity (Wildman–Crippen MR) is 95.2 cm³/mol. The second-order valence-electron chi connectivity index (χ2n) is 7.28. The maximum Gasteiger partial charge on any atom is 0.263 e. The van der Waals surface area contributed by atoms with Gasteiger partial charge < -0.3 is 14.5 Å². The number of para-hydroxylation sites is 1. The molecule has 2 saturated heterocycles. The van der Waals surface area contributed by atoms with Crippen LogP contribution in [0.3, 0.4) is 0 Å². The minimum atomic E-state index is -0.445. The molecule has 1 amide bonds. The van der Waals surface area contributed by atoms with E-state index in [9.17, 15) is 4.79 Å². The van der Waals surface area contributed by atoms with Crippen LogP contribution in [-0.2, 0) is 4.79 Å². The fourth-order valence-corrected chi connectivity index (χ4v) is 3.84. The number of hydrogen-bond donors (Lipinski definition) is 0. The Morgan fingerprint density at radius 2 is 1.75 bits per heavy atom. The first kappa shape index (κ1) is 17.2. The third-order valence-corrected chi connectivity index (χ3v) is 5.63. The molecule has 5 nitrogen and oxygen atoms in total. The summed E-state index contributed by atoms with van der Waals surface area (Å²) in [6.45, 7) is 6.60. The summed E-state index contributed by atoms with van der Waals surface area (Å²) < 4.78 is 5.84. The number of rotatable bonds is 3. The molecule has 5 heteroatoms. The average Bonchev–Trinajstić information content (AvgIpc) is 2.60. The number of piperidine rings is 1. The maximum atomic E-state index is 12.9. The smallest absolute Gasteiger partial charge is 0.263 e. The van der Waals surface area contributed by atoms with Crippen molar-refractivity contribution in [3.8, 4) is 5.75 Å². The standard InChI is InChI=1S/C19H29N3O2/c1-16(24-17-7-5-4-6-8-17)18(23)22-14-13-21(3)19(15-22)9-11-20(2)12-10-19/h4-8,16H,9-15H2,1-3H3. The van der Waals surface area contributed by atoms with Crippen molar-refractivity contribution in [1.29, 1.82) is 0 Å². The summed E-state index contributed by atoms with van der Waals surface area (Å²) in [5.74, 6) is 0.853. The van der Waals surface area contributed by atoms with Crippen molar-refractivity contribution in [1.82, 2.24) is 14.7 Å². The number of likely N-dealkylation sites (tertiary alicyclic amines) is 1. The van der Waals surface area contributed by atoms with Gasteiger partial charge in [-0.3, -0.25) is 9.69 Å². The molecule has 24 heavy (non-hydrogen) atoms. The Kier molecular flexibility index (Phi) is 5.11. The molecule has 0 radical (unpaired) electrons. The van der Waals surface area contributed by atoms with E-state index in [0.717, 1.165) is 51.3 Å². The molecule has 132 valence electrons. The lowest BCUT2D eigenvalue weighted by Gasteiger charge is -2.53. The number of ether oxygens (including phenoxy) is 1. The lowest BCUT2D eigenvalue weighted by atomic mass is 9.83. The van der Waals surface area contributed by atoms with Gasteiger partial charge in [0.25, 0.3) is 5.91 Å². The van der Waals surface area contributed by atoms with Gasteiger partial charge in [-0.25, -0.2) is 0 Å². The van der Waals surface area contributed by atoms with Gasteiger partial charge in [0, 0.05) is 25.2 Å². The average molecular weight is 331 g/mol. The van der Waals surface area contributed by atoms with Crippen molar-refractivity contribution < 1.29 is 9.53 Å². The van der Waals surface area contributed by atoms with Gasteiger partial charge in [-0.15, -0.1) is 0 Å². The molecule has 0 saturated carbocycles. The highest BCUT2D eigenvalue weighted by Gasteiger charge is 2.43. The van der Waals surface area contributed by atoms with Crippen LogP contribution >= 0.6 is 0 Å². The summed E-state index contributed by atoms with van der Waals surface area (Å²) in [7, 11) is 4.38. The largest absolute Gasteiger partial charge is 0.481 e. The SMILES string of the molecule is CC(Oc1ccccc1)C(=O)N1CCN(C)C2(CCN(C)CC2)C1. The zero-order chi connectivity index (χ0) is 17.2. The van der Waals surface area contributed by atoms with Gasteiger partial charge in [-0.1, -0.05) is 18.2 Å². The molecule has 1 unspecified atom stereocenters. The number of hydrogen-bond acceptors (Lipinski definition) is 4. The van der Waals surface area contributed by atoms with Crippen molar-refractivity contribution in [2.75, 3.05) is 46.8 Å². The second-order valence-corrected chi connectivity index (χ2v) is 7.28. The van der Waals surface area contributed by atoms with Crippen LogP contribution in [0.2, 0.25) is 0 Å². The van der Waals surface area contributed by atoms with E-state index in [4.69, 9.17) is 4.74 Å². The molecule has 1 spiro atoms. The highest BCUT2D eigenvalue weighted by atomic mass is 16.5. The summed E-state index contributed by atoms with van der Waals surface area (Å²) in [5, 5.41) is 0. The summed E-state index contributed by atoms with van der Waals surface area (Å²) in [4.78, 5) is 19.7. The van der Waals surface area contributed by atoms with E-state index in [0.29, 0.717) is 0 Å². The van der Waals surface area contributed by atoms with E-state index in [1.165, 1.54) is 0 Å². The van der Waals surface area contributed by atoms with E-state index >= 15 is 0 Å². The fraction of sp³-hybridized carbons (Fsp3) is 0.632. The van der Waals surface area contributed by atoms with Gasteiger partial charge >= 0.3 is 0 Å². The van der Waals surface area contributed by atoms with E-state index in [-0.39, 0.29) is 11.4 Å². The molecule has 1 aromatic carbocycles. The Morgan fingerprint density at radius 3 is 2.42 bits per heavy atom. The zero-order valence-electron chi connectivity index (χ0n) is 15.1. The van der Waals surface area contributed by atoms with Crippen LogP contribution in [0, 0.1) is 0 Å². The number of likely N-dealkylation sites (N-methyl/N-ethyl adjacent to an activating group) is 1.